The minimum absolute atomic E-state index is 0.0364. The normalized spacial score (nSPS) is 11.5. The summed E-state index contributed by atoms with van der Waals surface area (Å²) in [7, 11) is -4.57. The molecule has 1 atom stereocenters. The second-order valence-corrected chi connectivity index (χ2v) is 7.26. The molecule has 0 aliphatic heterocycles. The van der Waals surface area contributed by atoms with E-state index in [9.17, 15) is 22.8 Å². The van der Waals surface area contributed by atoms with Crippen molar-refractivity contribution < 1.29 is 45.9 Å². The molecule has 0 aromatic carbocycles. The summed E-state index contributed by atoms with van der Waals surface area (Å²) in [6, 6.07) is 0. The molecule has 0 fully saturated rings. The van der Waals surface area contributed by atoms with Crippen molar-refractivity contribution in [3.63, 3.8) is 0 Å². The first kappa shape index (κ1) is 27.1. The van der Waals surface area contributed by atoms with E-state index in [-0.39, 0.29) is 17.8 Å². The predicted molar refractivity (Wildman–Crippen MR) is 105 cm³/mol. The lowest BCUT2D eigenvalue weighted by Crippen LogP contribution is -2.37. The summed E-state index contributed by atoms with van der Waals surface area (Å²) in [4.78, 5) is 34.7. The third-order valence-corrected chi connectivity index (χ3v) is 3.86. The second-order valence-electron chi connectivity index (χ2n) is 5.91. The summed E-state index contributed by atoms with van der Waals surface area (Å²) in [5.41, 5.74) is 0.128. The van der Waals surface area contributed by atoms with Crippen molar-refractivity contribution in [3.05, 3.63) is 37.1 Å². The van der Waals surface area contributed by atoms with Crippen molar-refractivity contribution in [1.82, 2.24) is 4.72 Å². The number of hydrogen-bond acceptors (Lipinski definition) is 10. The quantitative estimate of drug-likeness (QED) is 0.128. The van der Waals surface area contributed by atoms with E-state index in [1.807, 2.05) is 0 Å². The molecule has 1 N–H and O–H groups in total. The summed E-state index contributed by atoms with van der Waals surface area (Å²) in [6.45, 7) is 12.0. The largest absolute Gasteiger partial charge is 0.502 e. The molecule has 0 rings (SSSR count). The summed E-state index contributed by atoms with van der Waals surface area (Å²) in [5, 5.41) is 0. The molecule has 1 amide bonds. The Morgan fingerprint density at radius 1 is 0.967 bits per heavy atom. The second kappa shape index (κ2) is 14.2. The van der Waals surface area contributed by atoms with E-state index in [1.54, 1.807) is 0 Å². The minimum Gasteiger partial charge on any atom is -0.502 e. The van der Waals surface area contributed by atoms with Crippen LogP contribution in [0.2, 0.25) is 0 Å². The Morgan fingerprint density at radius 3 is 2.13 bits per heavy atom. The van der Waals surface area contributed by atoms with Crippen molar-refractivity contribution in [2.75, 3.05) is 26.4 Å². The molecule has 0 radical (unpaired) electrons. The number of nitrogens with one attached hydrogen (secondary N) is 1. The Bertz CT molecular complexity index is 744. The lowest BCUT2D eigenvalue weighted by molar-refractivity contribution is -0.155. The average Bonchev–Trinajstić information content (AvgIpc) is 2.65. The predicted octanol–water partition coefficient (Wildman–Crippen LogP) is 1.52. The van der Waals surface area contributed by atoms with Gasteiger partial charge < -0.3 is 18.9 Å². The van der Waals surface area contributed by atoms with Crippen molar-refractivity contribution in [2.45, 2.75) is 32.8 Å². The summed E-state index contributed by atoms with van der Waals surface area (Å²) in [5.74, 6) is -1.62. The molecule has 1 unspecified atom stereocenters. The van der Waals surface area contributed by atoms with Crippen LogP contribution in [0.15, 0.2) is 37.1 Å². The van der Waals surface area contributed by atoms with Crippen LogP contribution in [0.1, 0.15) is 26.7 Å². The number of rotatable bonds is 15. The molecule has 0 aromatic rings. The summed E-state index contributed by atoms with van der Waals surface area (Å²) < 4.78 is 49.2. The van der Waals surface area contributed by atoms with E-state index < -0.39 is 47.7 Å². The molecule has 0 aliphatic carbocycles. The first-order valence-electron chi connectivity index (χ1n) is 8.74. The van der Waals surface area contributed by atoms with E-state index in [0.29, 0.717) is 19.4 Å². The van der Waals surface area contributed by atoms with E-state index in [4.69, 9.17) is 18.9 Å². The van der Waals surface area contributed by atoms with Gasteiger partial charge in [-0.25, -0.2) is 18.6 Å². The number of hydrogen-bond donors (Lipinski definition) is 1. The fourth-order valence-corrected chi connectivity index (χ4v) is 2.17. The zero-order chi connectivity index (χ0) is 23.2. The van der Waals surface area contributed by atoms with Crippen molar-refractivity contribution in [1.29, 1.82) is 0 Å². The van der Waals surface area contributed by atoms with Crippen LogP contribution in [0.25, 0.3) is 0 Å². The first-order valence-corrected chi connectivity index (χ1v) is 10.1. The number of esters is 2. The molecule has 0 saturated carbocycles. The molecule has 170 valence electrons. The van der Waals surface area contributed by atoms with Gasteiger partial charge in [-0.2, -0.15) is 13.1 Å². The third kappa shape index (κ3) is 13.3. The third-order valence-electron chi connectivity index (χ3n) is 3.00. The van der Waals surface area contributed by atoms with Gasteiger partial charge in [0, 0.05) is 11.1 Å². The van der Waals surface area contributed by atoms with Gasteiger partial charge in [-0.3, -0.25) is 0 Å². The molecule has 0 bridgehead atoms. The number of unbranched alkanes of at least 4 members (excludes halogenated alkanes) is 1. The first-order chi connectivity index (χ1) is 14.0. The number of ether oxygens (including phenoxy) is 4. The molecule has 0 spiro atoms. The number of carbonyl (C=O) groups is 3. The van der Waals surface area contributed by atoms with Crippen LogP contribution in [0.4, 0.5) is 4.79 Å². The molecular formula is C18H27NO10S. The molecule has 30 heavy (non-hydrogen) atoms. The van der Waals surface area contributed by atoms with Crippen LogP contribution in [-0.2, 0) is 43.0 Å². The SMILES string of the molecule is C=COCCCCOC(=O)NS(=O)(=O)OCC(COC(=O)C(=C)C)OC(=O)C(=C)C. The Kier molecular flexibility index (Phi) is 12.8. The molecule has 0 aromatic heterocycles. The standard InChI is InChI=1S/C18H27NO10S/c1-6-25-9-7-8-10-26-18(22)19-30(23,24)28-12-15(29-17(21)14(4)5)11-27-16(20)13(2)3/h6,15H,1-2,4,7-12H2,3,5H3,(H,19,22). The highest BCUT2D eigenvalue weighted by atomic mass is 32.2. The smallest absolute Gasteiger partial charge is 0.422 e. The van der Waals surface area contributed by atoms with E-state index in [2.05, 4.69) is 23.9 Å². The fourth-order valence-electron chi connectivity index (χ4n) is 1.52. The van der Waals surface area contributed by atoms with E-state index >= 15 is 0 Å². The van der Waals surface area contributed by atoms with Crippen molar-refractivity contribution in [3.8, 4) is 0 Å². The zero-order valence-corrected chi connectivity index (χ0v) is 17.8. The zero-order valence-electron chi connectivity index (χ0n) is 17.0. The highest BCUT2D eigenvalue weighted by Crippen LogP contribution is 2.05. The highest BCUT2D eigenvalue weighted by molar-refractivity contribution is 7.85. The van der Waals surface area contributed by atoms with Crippen LogP contribution >= 0.6 is 0 Å². The monoisotopic (exact) mass is 449 g/mol. The Balaban J connectivity index is 4.61. The van der Waals surface area contributed by atoms with Crippen LogP contribution in [-0.4, -0.2) is 59.0 Å². The molecule has 0 aliphatic rings. The molecule has 11 nitrogen and oxygen atoms in total. The average molecular weight is 449 g/mol. The highest BCUT2D eigenvalue weighted by Gasteiger charge is 2.23. The van der Waals surface area contributed by atoms with Gasteiger partial charge in [0.1, 0.15) is 13.2 Å². The molecule has 0 heterocycles. The van der Waals surface area contributed by atoms with Crippen molar-refractivity contribution in [2.24, 2.45) is 0 Å². The lowest BCUT2D eigenvalue weighted by Gasteiger charge is -2.18. The van der Waals surface area contributed by atoms with Crippen molar-refractivity contribution >= 4 is 28.3 Å². The van der Waals surface area contributed by atoms with Gasteiger partial charge in [-0.1, -0.05) is 19.7 Å². The van der Waals surface area contributed by atoms with Crippen LogP contribution in [0.5, 0.6) is 0 Å². The molecule has 12 heteroatoms. The van der Waals surface area contributed by atoms with Gasteiger partial charge in [0.25, 0.3) is 0 Å². The van der Waals surface area contributed by atoms with Gasteiger partial charge in [-0.15, -0.1) is 0 Å². The lowest BCUT2D eigenvalue weighted by atomic mass is 10.3. The maximum absolute atomic E-state index is 11.8. The Labute approximate surface area is 175 Å². The minimum atomic E-state index is -4.57. The summed E-state index contributed by atoms with van der Waals surface area (Å²) in [6.07, 6.45) is -0.243. The van der Waals surface area contributed by atoms with E-state index in [0.717, 1.165) is 0 Å². The fraction of sp³-hybridized carbons (Fsp3) is 0.500. The molecule has 0 saturated heterocycles. The topological polar surface area (TPSA) is 144 Å². The number of carbonyl (C=O) groups excluding carboxylic acids is 3. The van der Waals surface area contributed by atoms with Gasteiger partial charge >= 0.3 is 28.3 Å². The number of amides is 1. The molecular weight excluding hydrogens is 422 g/mol. The maximum Gasteiger partial charge on any atom is 0.422 e. The Hall–Kier alpha value is -2.86. The van der Waals surface area contributed by atoms with Gasteiger partial charge in [0.05, 0.1) is 19.5 Å². The van der Waals surface area contributed by atoms with Gasteiger partial charge in [-0.05, 0) is 26.7 Å². The Morgan fingerprint density at radius 2 is 1.57 bits per heavy atom. The summed E-state index contributed by atoms with van der Waals surface area (Å²) >= 11 is 0. The maximum atomic E-state index is 11.8. The van der Waals surface area contributed by atoms with Gasteiger partial charge in [0.2, 0.25) is 0 Å². The van der Waals surface area contributed by atoms with Gasteiger partial charge in [0.15, 0.2) is 6.10 Å². The van der Waals surface area contributed by atoms with Crippen LogP contribution in [0, 0.1) is 0 Å². The van der Waals surface area contributed by atoms with E-state index in [1.165, 1.54) is 24.8 Å². The van der Waals surface area contributed by atoms with Crippen LogP contribution in [0.3, 0.4) is 0 Å². The van der Waals surface area contributed by atoms with Crippen LogP contribution < -0.4 is 4.72 Å².